The molecule has 5 fully saturated rings. The molecule has 0 bridgehead atoms. The normalized spacial score (nSPS) is 22.2. The van der Waals surface area contributed by atoms with E-state index in [1.807, 2.05) is 0 Å². The Bertz CT molecular complexity index is 1170. The maximum atomic E-state index is 5.43. The van der Waals surface area contributed by atoms with Crippen molar-refractivity contribution in [2.75, 3.05) is 115 Å². The molecule has 0 radical (unpaired) electrons. The third kappa shape index (κ3) is 11.4. The van der Waals surface area contributed by atoms with E-state index in [-0.39, 0.29) is 0 Å². The molecule has 0 N–H and O–H groups in total. The molecule has 7 rings (SSSR count). The van der Waals surface area contributed by atoms with Gasteiger partial charge in [0.25, 0.3) is 0 Å². The van der Waals surface area contributed by atoms with E-state index in [4.69, 9.17) is 4.74 Å². The minimum Gasteiger partial charge on any atom is -0.379 e. The molecule has 5 aliphatic rings. The van der Waals surface area contributed by atoms with Gasteiger partial charge in [0, 0.05) is 76.8 Å². The molecular formula is C42H68N6O. The van der Waals surface area contributed by atoms with E-state index in [0.717, 1.165) is 64.3 Å². The fourth-order valence-corrected chi connectivity index (χ4v) is 8.76. The van der Waals surface area contributed by atoms with E-state index < -0.39 is 0 Å². The summed E-state index contributed by atoms with van der Waals surface area (Å²) in [6.07, 6.45) is 11.1. The Balaban J connectivity index is 0.000000170. The molecule has 0 atom stereocenters. The zero-order valence-corrected chi connectivity index (χ0v) is 31.2. The largest absolute Gasteiger partial charge is 0.379 e. The molecule has 0 aromatic heterocycles. The number of hydrogen-bond donors (Lipinski definition) is 0. The van der Waals surface area contributed by atoms with E-state index in [0.29, 0.717) is 0 Å². The second-order valence-corrected chi connectivity index (χ2v) is 15.6. The number of benzene rings is 2. The van der Waals surface area contributed by atoms with Crippen molar-refractivity contribution < 1.29 is 4.74 Å². The summed E-state index contributed by atoms with van der Waals surface area (Å²) in [6.45, 7) is 25.7. The smallest absolute Gasteiger partial charge is 0.0594 e. The molecule has 0 aliphatic carbocycles. The zero-order valence-electron chi connectivity index (χ0n) is 31.2. The minimum absolute atomic E-state index is 0.879. The summed E-state index contributed by atoms with van der Waals surface area (Å²) in [5.41, 5.74) is 5.68. The minimum atomic E-state index is 0.879. The number of nitrogens with zero attached hydrogens (tertiary/aromatic N) is 6. The van der Waals surface area contributed by atoms with Crippen molar-refractivity contribution in [1.29, 1.82) is 0 Å². The number of likely N-dealkylation sites (tertiary alicyclic amines) is 2. The second kappa shape index (κ2) is 19.4. The maximum Gasteiger partial charge on any atom is 0.0594 e. The molecule has 5 saturated heterocycles. The molecular weight excluding hydrogens is 605 g/mol. The maximum absolute atomic E-state index is 5.43. The molecule has 2 aromatic rings. The zero-order chi connectivity index (χ0) is 33.7. The third-order valence-electron chi connectivity index (χ3n) is 12.1. The molecule has 0 spiro atoms. The number of rotatable bonds is 12. The van der Waals surface area contributed by atoms with Crippen LogP contribution in [0.4, 0.5) is 11.4 Å². The van der Waals surface area contributed by atoms with Gasteiger partial charge in [0.2, 0.25) is 0 Å². The number of anilines is 2. The van der Waals surface area contributed by atoms with Crippen LogP contribution in [-0.2, 0) is 17.8 Å². The van der Waals surface area contributed by atoms with Crippen LogP contribution in [0.1, 0.15) is 76.3 Å². The van der Waals surface area contributed by atoms with Gasteiger partial charge in [-0.3, -0.25) is 9.80 Å². The van der Waals surface area contributed by atoms with Crippen molar-refractivity contribution in [1.82, 2.24) is 19.6 Å². The summed E-state index contributed by atoms with van der Waals surface area (Å²) in [7, 11) is 0. The van der Waals surface area contributed by atoms with Gasteiger partial charge in [-0.15, -0.1) is 0 Å². The summed E-state index contributed by atoms with van der Waals surface area (Å²) in [6, 6.07) is 18.6. The fourth-order valence-electron chi connectivity index (χ4n) is 8.76. The Kier molecular flexibility index (Phi) is 14.5. The van der Waals surface area contributed by atoms with E-state index >= 15 is 0 Å². The lowest BCUT2D eigenvalue weighted by atomic mass is 9.95. The molecule has 0 saturated carbocycles. The molecule has 272 valence electrons. The highest BCUT2D eigenvalue weighted by Crippen LogP contribution is 2.27. The topological polar surface area (TPSA) is 28.7 Å². The predicted octanol–water partition coefficient (Wildman–Crippen LogP) is 6.67. The van der Waals surface area contributed by atoms with E-state index in [2.05, 4.69) is 91.8 Å². The van der Waals surface area contributed by atoms with E-state index in [1.54, 1.807) is 0 Å². The Morgan fingerprint density at radius 3 is 1.39 bits per heavy atom. The number of morpholine rings is 1. The lowest BCUT2D eigenvalue weighted by molar-refractivity contribution is 0.0342. The molecule has 2 aromatic carbocycles. The van der Waals surface area contributed by atoms with E-state index in [9.17, 15) is 0 Å². The monoisotopic (exact) mass is 673 g/mol. The highest BCUT2D eigenvalue weighted by molar-refractivity contribution is 5.49. The first-order valence-corrected chi connectivity index (χ1v) is 20.3. The van der Waals surface area contributed by atoms with Gasteiger partial charge < -0.3 is 24.3 Å². The Morgan fingerprint density at radius 2 is 0.959 bits per heavy atom. The van der Waals surface area contributed by atoms with Crippen LogP contribution in [0.5, 0.6) is 0 Å². The Hall–Kier alpha value is -2.16. The molecule has 0 amide bonds. The average Bonchev–Trinajstić information content (AvgIpc) is 3.88. The average molecular weight is 673 g/mol. The molecule has 5 heterocycles. The predicted molar refractivity (Wildman–Crippen MR) is 207 cm³/mol. The lowest BCUT2D eigenvalue weighted by Gasteiger charge is -2.35. The second-order valence-electron chi connectivity index (χ2n) is 15.6. The van der Waals surface area contributed by atoms with Gasteiger partial charge in [-0.05, 0) is 138 Å². The van der Waals surface area contributed by atoms with Crippen molar-refractivity contribution in [2.24, 2.45) is 11.8 Å². The number of ether oxygens (including phenoxy) is 1. The standard InChI is InChI=1S/C21H33N3O.C21H35N3/c1-2-10-22(9-1)18-20-7-11-24(12-8-20)21-5-3-19(4-6-21)17-23-13-15-25-16-14-23;1-3-22(4-2)17-19-7-9-21(10-8-19)24-15-11-20(12-16-24)18-23-13-5-6-14-23/h3-6,20H,1-2,7-18H2;7-10,20H,3-6,11-18H2,1-2H3. The first kappa shape index (κ1) is 36.6. The van der Waals surface area contributed by atoms with Crippen LogP contribution < -0.4 is 9.80 Å². The highest BCUT2D eigenvalue weighted by Gasteiger charge is 2.24. The summed E-state index contributed by atoms with van der Waals surface area (Å²) >= 11 is 0. The molecule has 7 nitrogen and oxygen atoms in total. The highest BCUT2D eigenvalue weighted by atomic mass is 16.5. The lowest BCUT2D eigenvalue weighted by Crippen LogP contribution is -2.38. The van der Waals surface area contributed by atoms with Gasteiger partial charge in [-0.2, -0.15) is 0 Å². The van der Waals surface area contributed by atoms with Crippen LogP contribution in [-0.4, -0.2) is 124 Å². The van der Waals surface area contributed by atoms with Gasteiger partial charge in [-0.25, -0.2) is 0 Å². The van der Waals surface area contributed by atoms with Crippen LogP contribution in [0.25, 0.3) is 0 Å². The van der Waals surface area contributed by atoms with Crippen molar-refractivity contribution in [3.05, 3.63) is 59.7 Å². The van der Waals surface area contributed by atoms with Crippen molar-refractivity contribution in [3.63, 3.8) is 0 Å². The van der Waals surface area contributed by atoms with Crippen molar-refractivity contribution in [3.8, 4) is 0 Å². The quantitative estimate of drug-likeness (QED) is 0.249. The van der Waals surface area contributed by atoms with Crippen molar-refractivity contribution in [2.45, 2.75) is 78.3 Å². The van der Waals surface area contributed by atoms with Crippen molar-refractivity contribution >= 4 is 11.4 Å². The first-order valence-electron chi connectivity index (χ1n) is 20.3. The molecule has 0 unspecified atom stereocenters. The summed E-state index contributed by atoms with van der Waals surface area (Å²) in [4.78, 5) is 15.5. The van der Waals surface area contributed by atoms with Crippen LogP contribution in [0.2, 0.25) is 0 Å². The summed E-state index contributed by atoms with van der Waals surface area (Å²) in [5.74, 6) is 1.83. The first-order chi connectivity index (χ1) is 24.1. The van der Waals surface area contributed by atoms with Crippen LogP contribution in [0, 0.1) is 11.8 Å². The van der Waals surface area contributed by atoms with Gasteiger partial charge >= 0.3 is 0 Å². The van der Waals surface area contributed by atoms with Crippen LogP contribution in [0.15, 0.2) is 48.5 Å². The Morgan fingerprint density at radius 1 is 0.531 bits per heavy atom. The molecule has 7 heteroatoms. The van der Waals surface area contributed by atoms with E-state index in [1.165, 1.54) is 139 Å². The molecule has 5 aliphatic heterocycles. The van der Waals surface area contributed by atoms with Gasteiger partial charge in [-0.1, -0.05) is 38.1 Å². The van der Waals surface area contributed by atoms with Crippen LogP contribution in [0.3, 0.4) is 0 Å². The van der Waals surface area contributed by atoms with Crippen LogP contribution >= 0.6 is 0 Å². The Labute approximate surface area is 299 Å². The van der Waals surface area contributed by atoms with Gasteiger partial charge in [0.1, 0.15) is 0 Å². The number of hydrogen-bond acceptors (Lipinski definition) is 7. The van der Waals surface area contributed by atoms with Gasteiger partial charge in [0.15, 0.2) is 0 Å². The summed E-state index contributed by atoms with van der Waals surface area (Å²) < 4.78 is 5.43. The SMILES string of the molecule is CCN(CC)Cc1ccc(N2CCC(CN3CCCC3)CC2)cc1.c1cc(N2CCC(CN3CCCC3)CC2)ccc1CN1CCOCC1. The third-order valence-corrected chi connectivity index (χ3v) is 12.1. The fraction of sp³-hybridized carbons (Fsp3) is 0.714. The molecule has 49 heavy (non-hydrogen) atoms. The number of piperidine rings is 2. The summed E-state index contributed by atoms with van der Waals surface area (Å²) in [5, 5.41) is 0. The van der Waals surface area contributed by atoms with Gasteiger partial charge in [0.05, 0.1) is 13.2 Å².